The molecule has 0 fully saturated rings. The lowest BCUT2D eigenvalue weighted by Crippen LogP contribution is -1.99. The van der Waals surface area contributed by atoms with Crippen LogP contribution in [0.3, 0.4) is 0 Å². The van der Waals surface area contributed by atoms with Crippen LogP contribution >= 0.6 is 0 Å². The largest absolute Gasteiger partial charge is 0.477 e. The summed E-state index contributed by atoms with van der Waals surface area (Å²) in [7, 11) is 1.83. The van der Waals surface area contributed by atoms with Crippen LogP contribution in [0.25, 0.3) is 11.0 Å². The van der Waals surface area contributed by atoms with Gasteiger partial charge in [-0.1, -0.05) is 0 Å². The number of aryl methyl sites for hydroxylation is 1. The zero-order valence-corrected chi connectivity index (χ0v) is 6.93. The molecule has 0 amide bonds. The summed E-state index contributed by atoms with van der Waals surface area (Å²) in [5.74, 6) is -1.03. The second-order valence-corrected chi connectivity index (χ2v) is 2.72. The van der Waals surface area contributed by atoms with E-state index in [0.717, 1.165) is 5.52 Å². The van der Waals surface area contributed by atoms with Crippen LogP contribution in [0.4, 0.5) is 0 Å². The number of nitrogens with zero attached hydrogens (tertiary/aromatic N) is 3. The Morgan fingerprint density at radius 1 is 1.54 bits per heavy atom. The highest BCUT2D eigenvalue weighted by atomic mass is 16.4. The maximum Gasteiger partial charge on any atom is 0.354 e. The molecule has 0 aromatic carbocycles. The van der Waals surface area contributed by atoms with Crippen molar-refractivity contribution >= 4 is 17.0 Å². The van der Waals surface area contributed by atoms with Crippen LogP contribution in [0, 0.1) is 0 Å². The highest BCUT2D eigenvalue weighted by molar-refractivity contribution is 5.89. The summed E-state index contributed by atoms with van der Waals surface area (Å²) < 4.78 is 1.79. The van der Waals surface area contributed by atoms with Crippen LogP contribution in [-0.4, -0.2) is 25.6 Å². The van der Waals surface area contributed by atoms with Crippen molar-refractivity contribution in [3.8, 4) is 0 Å². The summed E-state index contributed by atoms with van der Waals surface area (Å²) in [5, 5.41) is 8.65. The minimum Gasteiger partial charge on any atom is -0.477 e. The fourth-order valence-corrected chi connectivity index (χ4v) is 1.14. The third-order valence-corrected chi connectivity index (χ3v) is 1.83. The molecule has 13 heavy (non-hydrogen) atoms. The molecule has 0 aliphatic carbocycles. The molecule has 0 radical (unpaired) electrons. The van der Waals surface area contributed by atoms with Gasteiger partial charge in [0.15, 0.2) is 0 Å². The fraction of sp³-hybridized carbons (Fsp3) is 0.125. The van der Waals surface area contributed by atoms with Gasteiger partial charge in [0.1, 0.15) is 5.69 Å². The SMILES string of the molecule is Cn1cnc2cc(C(=O)O)ncc21. The molecule has 1 N–H and O–H groups in total. The molecule has 5 heteroatoms. The van der Waals surface area contributed by atoms with E-state index in [2.05, 4.69) is 9.97 Å². The summed E-state index contributed by atoms with van der Waals surface area (Å²) in [6.45, 7) is 0. The van der Waals surface area contributed by atoms with E-state index in [1.165, 1.54) is 12.3 Å². The topological polar surface area (TPSA) is 68.0 Å². The standard InChI is InChI=1S/C8H7N3O2/c1-11-4-10-5-2-6(8(12)13)9-3-7(5)11/h2-4H,1H3,(H,12,13). The molecule has 2 rings (SSSR count). The summed E-state index contributed by atoms with van der Waals surface area (Å²) in [4.78, 5) is 18.4. The maximum atomic E-state index is 10.6. The summed E-state index contributed by atoms with van der Waals surface area (Å²) in [5.41, 5.74) is 1.49. The highest BCUT2D eigenvalue weighted by Crippen LogP contribution is 2.10. The highest BCUT2D eigenvalue weighted by Gasteiger charge is 2.07. The van der Waals surface area contributed by atoms with Gasteiger partial charge in [-0.25, -0.2) is 14.8 Å². The Bertz CT molecular complexity index is 475. The first-order valence-electron chi connectivity index (χ1n) is 3.69. The van der Waals surface area contributed by atoms with Gasteiger partial charge in [-0.3, -0.25) is 0 Å². The molecule has 0 atom stereocenters. The van der Waals surface area contributed by atoms with E-state index >= 15 is 0 Å². The summed E-state index contributed by atoms with van der Waals surface area (Å²) in [6.07, 6.45) is 3.13. The van der Waals surface area contributed by atoms with E-state index in [1.54, 1.807) is 10.9 Å². The lowest BCUT2D eigenvalue weighted by atomic mass is 10.3. The molecule has 2 aromatic heterocycles. The van der Waals surface area contributed by atoms with Gasteiger partial charge >= 0.3 is 5.97 Å². The van der Waals surface area contributed by atoms with Gasteiger partial charge in [0.05, 0.1) is 23.6 Å². The van der Waals surface area contributed by atoms with E-state index in [9.17, 15) is 4.79 Å². The van der Waals surface area contributed by atoms with E-state index < -0.39 is 5.97 Å². The number of rotatable bonds is 1. The van der Waals surface area contributed by atoms with E-state index in [-0.39, 0.29) is 5.69 Å². The number of aromatic carboxylic acids is 1. The van der Waals surface area contributed by atoms with E-state index in [1.807, 2.05) is 7.05 Å². The number of carbonyl (C=O) groups is 1. The van der Waals surface area contributed by atoms with Crippen LogP contribution in [0.15, 0.2) is 18.6 Å². The molecule has 0 saturated carbocycles. The number of carboxylic acids is 1. The van der Waals surface area contributed by atoms with E-state index in [0.29, 0.717) is 5.52 Å². The molecule has 2 heterocycles. The van der Waals surface area contributed by atoms with Gasteiger partial charge in [-0.2, -0.15) is 0 Å². The second kappa shape index (κ2) is 2.55. The Kier molecular flexibility index (Phi) is 1.51. The van der Waals surface area contributed by atoms with Crippen molar-refractivity contribution in [1.82, 2.24) is 14.5 Å². The molecular weight excluding hydrogens is 170 g/mol. The van der Waals surface area contributed by atoms with Gasteiger partial charge in [0.25, 0.3) is 0 Å². The van der Waals surface area contributed by atoms with Crippen LogP contribution in [0.2, 0.25) is 0 Å². The number of carboxylic acid groups (broad SMARTS) is 1. The van der Waals surface area contributed by atoms with Gasteiger partial charge < -0.3 is 9.67 Å². The van der Waals surface area contributed by atoms with Crippen LogP contribution in [0.1, 0.15) is 10.5 Å². The Labute approximate surface area is 73.7 Å². The number of pyridine rings is 1. The number of hydrogen-bond donors (Lipinski definition) is 1. The minimum atomic E-state index is -1.03. The molecule has 2 aromatic rings. The average molecular weight is 177 g/mol. The average Bonchev–Trinajstić information content (AvgIpc) is 2.47. The molecular formula is C8H7N3O2. The fourth-order valence-electron chi connectivity index (χ4n) is 1.14. The molecule has 0 saturated heterocycles. The number of fused-ring (bicyclic) bond motifs is 1. The first-order chi connectivity index (χ1) is 6.18. The summed E-state index contributed by atoms with van der Waals surface area (Å²) in [6, 6.07) is 1.46. The van der Waals surface area contributed by atoms with E-state index in [4.69, 9.17) is 5.11 Å². The third-order valence-electron chi connectivity index (χ3n) is 1.83. The minimum absolute atomic E-state index is 0.0196. The molecule has 66 valence electrons. The van der Waals surface area contributed by atoms with Crippen molar-refractivity contribution < 1.29 is 9.90 Å². The Morgan fingerprint density at radius 3 is 3.00 bits per heavy atom. The van der Waals surface area contributed by atoms with Crippen molar-refractivity contribution in [3.05, 3.63) is 24.3 Å². The van der Waals surface area contributed by atoms with Crippen molar-refractivity contribution in [3.63, 3.8) is 0 Å². The van der Waals surface area contributed by atoms with Gasteiger partial charge in [-0.15, -0.1) is 0 Å². The van der Waals surface area contributed by atoms with Crippen molar-refractivity contribution in [2.45, 2.75) is 0 Å². The Morgan fingerprint density at radius 2 is 2.31 bits per heavy atom. The van der Waals surface area contributed by atoms with Gasteiger partial charge in [0, 0.05) is 7.05 Å². The van der Waals surface area contributed by atoms with Crippen LogP contribution in [0.5, 0.6) is 0 Å². The Hall–Kier alpha value is -1.91. The number of hydrogen-bond acceptors (Lipinski definition) is 3. The zero-order valence-electron chi connectivity index (χ0n) is 6.93. The summed E-state index contributed by atoms with van der Waals surface area (Å²) >= 11 is 0. The predicted molar refractivity (Wildman–Crippen MR) is 45.5 cm³/mol. The molecule has 0 aliphatic rings. The van der Waals surface area contributed by atoms with Gasteiger partial charge in [0.2, 0.25) is 0 Å². The smallest absolute Gasteiger partial charge is 0.354 e. The zero-order chi connectivity index (χ0) is 9.42. The molecule has 0 bridgehead atoms. The third kappa shape index (κ3) is 1.14. The predicted octanol–water partition coefficient (Wildman–Crippen LogP) is 0.666. The van der Waals surface area contributed by atoms with Gasteiger partial charge in [-0.05, 0) is 6.07 Å². The number of imidazole rings is 1. The number of aromatic nitrogens is 3. The van der Waals surface area contributed by atoms with Crippen LogP contribution < -0.4 is 0 Å². The lowest BCUT2D eigenvalue weighted by molar-refractivity contribution is 0.0690. The molecule has 0 spiro atoms. The molecule has 0 aliphatic heterocycles. The van der Waals surface area contributed by atoms with Crippen molar-refractivity contribution in [2.24, 2.45) is 7.05 Å². The molecule has 5 nitrogen and oxygen atoms in total. The maximum absolute atomic E-state index is 10.6. The first kappa shape index (κ1) is 7.72. The second-order valence-electron chi connectivity index (χ2n) is 2.72. The Balaban J connectivity index is 2.70. The van der Waals surface area contributed by atoms with Crippen molar-refractivity contribution in [2.75, 3.05) is 0 Å². The monoisotopic (exact) mass is 177 g/mol. The molecule has 0 unspecified atom stereocenters. The quantitative estimate of drug-likeness (QED) is 0.695. The van der Waals surface area contributed by atoms with Crippen molar-refractivity contribution in [1.29, 1.82) is 0 Å². The van der Waals surface area contributed by atoms with Crippen LogP contribution in [-0.2, 0) is 7.05 Å². The normalized spacial score (nSPS) is 10.5. The lowest BCUT2D eigenvalue weighted by Gasteiger charge is -1.94. The first-order valence-corrected chi connectivity index (χ1v) is 3.69.